The minimum Gasteiger partial charge on any atom is -0.500 e. The summed E-state index contributed by atoms with van der Waals surface area (Å²) in [7, 11) is 1.27. The largest absolute Gasteiger partial charge is 0.500 e. The number of phenols is 1. The Hall–Kier alpha value is -4.19. The molecule has 1 aromatic heterocycles. The minimum atomic E-state index is -0.747. The van der Waals surface area contributed by atoms with Crippen molar-refractivity contribution in [3.05, 3.63) is 63.5 Å². The topological polar surface area (TPSA) is 135 Å². The highest BCUT2D eigenvalue weighted by atomic mass is 16.6. The number of hydrogen-bond acceptors (Lipinski definition) is 8. The molecule has 0 atom stereocenters. The van der Waals surface area contributed by atoms with Gasteiger partial charge in [0, 0.05) is 11.6 Å². The van der Waals surface area contributed by atoms with Crippen molar-refractivity contribution < 1.29 is 19.3 Å². The zero-order valence-corrected chi connectivity index (χ0v) is 14.9. The Labute approximate surface area is 159 Å². The number of methoxy groups -OCH3 is 1. The molecule has 0 bridgehead atoms. The normalized spacial score (nSPS) is 11.1. The van der Waals surface area contributed by atoms with Crippen LogP contribution in [0.1, 0.15) is 17.0 Å². The first kappa shape index (κ1) is 18.6. The summed E-state index contributed by atoms with van der Waals surface area (Å²) in [6.45, 7) is 1.95. The Morgan fingerprint density at radius 1 is 1.36 bits per heavy atom. The predicted octanol–water partition coefficient (Wildman–Crippen LogP) is 3.73. The van der Waals surface area contributed by atoms with E-state index in [-0.39, 0.29) is 22.8 Å². The summed E-state index contributed by atoms with van der Waals surface area (Å²) in [5.41, 5.74) is 1.52. The van der Waals surface area contributed by atoms with Gasteiger partial charge in [0.1, 0.15) is 11.6 Å². The lowest BCUT2D eigenvalue weighted by Gasteiger charge is -2.05. The van der Waals surface area contributed by atoms with Crippen molar-refractivity contribution in [1.82, 2.24) is 10.1 Å². The van der Waals surface area contributed by atoms with Gasteiger partial charge in [-0.1, -0.05) is 35.0 Å². The van der Waals surface area contributed by atoms with Crippen molar-refractivity contribution in [3.63, 3.8) is 0 Å². The molecular formula is C19H14N4O5. The number of nitriles is 1. The number of rotatable bonds is 5. The zero-order valence-electron chi connectivity index (χ0n) is 14.9. The zero-order chi connectivity index (χ0) is 20.3. The van der Waals surface area contributed by atoms with E-state index in [1.54, 1.807) is 0 Å². The Balaban J connectivity index is 2.02. The molecule has 0 aliphatic carbocycles. The highest BCUT2D eigenvalue weighted by Gasteiger charge is 2.20. The van der Waals surface area contributed by atoms with Crippen molar-refractivity contribution >= 4 is 17.3 Å². The summed E-state index contributed by atoms with van der Waals surface area (Å²) in [4.78, 5) is 14.6. The van der Waals surface area contributed by atoms with E-state index in [0.717, 1.165) is 17.2 Å². The molecule has 0 radical (unpaired) electrons. The van der Waals surface area contributed by atoms with E-state index < -0.39 is 16.4 Å². The van der Waals surface area contributed by atoms with Crippen LogP contribution in [0.3, 0.4) is 0 Å². The van der Waals surface area contributed by atoms with E-state index in [1.165, 1.54) is 19.3 Å². The number of benzene rings is 2. The number of nitrogens with zero attached hydrogens (tertiary/aromatic N) is 4. The Bertz CT molecular complexity index is 1110. The molecule has 0 unspecified atom stereocenters. The van der Waals surface area contributed by atoms with E-state index in [0.29, 0.717) is 5.82 Å². The first-order chi connectivity index (χ1) is 13.4. The molecule has 0 aliphatic rings. The number of allylic oxidation sites excluding steroid dienone is 1. The maximum absolute atomic E-state index is 11.1. The third-order valence-electron chi connectivity index (χ3n) is 3.89. The molecule has 3 aromatic rings. The molecule has 1 N–H and O–H groups in total. The van der Waals surface area contributed by atoms with Gasteiger partial charge in [0.2, 0.25) is 11.6 Å². The van der Waals surface area contributed by atoms with Gasteiger partial charge in [0.15, 0.2) is 5.75 Å². The molecule has 9 nitrogen and oxygen atoms in total. The molecule has 0 amide bonds. The average Bonchev–Trinajstić information content (AvgIpc) is 3.17. The van der Waals surface area contributed by atoms with Crippen molar-refractivity contribution in [2.24, 2.45) is 0 Å². The molecule has 1 heterocycles. The maximum Gasteiger partial charge on any atom is 0.315 e. The highest BCUT2D eigenvalue weighted by molar-refractivity contribution is 5.87. The molecule has 28 heavy (non-hydrogen) atoms. The molecule has 3 rings (SSSR count). The molecule has 2 aromatic carbocycles. The quantitative estimate of drug-likeness (QED) is 0.403. The van der Waals surface area contributed by atoms with Crippen LogP contribution in [0.15, 0.2) is 40.9 Å². The number of ether oxygens (including phenoxy) is 1. The maximum atomic E-state index is 11.1. The Kier molecular flexibility index (Phi) is 5.04. The van der Waals surface area contributed by atoms with E-state index in [4.69, 9.17) is 9.26 Å². The van der Waals surface area contributed by atoms with Gasteiger partial charge in [-0.15, -0.1) is 0 Å². The summed E-state index contributed by atoms with van der Waals surface area (Å²) in [5.74, 6) is -0.413. The van der Waals surface area contributed by atoms with Gasteiger partial charge in [-0.2, -0.15) is 10.2 Å². The van der Waals surface area contributed by atoms with Gasteiger partial charge in [-0.05, 0) is 24.6 Å². The van der Waals surface area contributed by atoms with Crippen molar-refractivity contribution in [3.8, 4) is 29.0 Å². The van der Waals surface area contributed by atoms with E-state index in [1.807, 2.05) is 37.3 Å². The third kappa shape index (κ3) is 3.66. The fourth-order valence-corrected chi connectivity index (χ4v) is 2.45. The first-order valence-electron chi connectivity index (χ1n) is 8.01. The number of aryl methyl sites for hydroxylation is 1. The van der Waals surface area contributed by atoms with Crippen molar-refractivity contribution in [1.29, 1.82) is 5.26 Å². The van der Waals surface area contributed by atoms with Gasteiger partial charge in [-0.25, -0.2) is 0 Å². The SMILES string of the molecule is COc1cc(/C=C(\C#N)c2nc(-c3ccc(C)cc3)no2)cc([N+](=O)[O-])c1O. The molecule has 0 saturated heterocycles. The monoisotopic (exact) mass is 378 g/mol. The van der Waals surface area contributed by atoms with Crippen LogP contribution in [0, 0.1) is 28.4 Å². The Morgan fingerprint density at radius 3 is 2.68 bits per heavy atom. The third-order valence-corrected chi connectivity index (χ3v) is 3.89. The highest BCUT2D eigenvalue weighted by Crippen LogP contribution is 2.37. The fraction of sp³-hybridized carbons (Fsp3) is 0.105. The Morgan fingerprint density at radius 2 is 2.07 bits per heavy atom. The summed E-state index contributed by atoms with van der Waals surface area (Å²) in [6.07, 6.45) is 1.33. The lowest BCUT2D eigenvalue weighted by atomic mass is 10.1. The van der Waals surface area contributed by atoms with Gasteiger partial charge in [0.05, 0.1) is 12.0 Å². The van der Waals surface area contributed by atoms with Crippen LogP contribution in [0.4, 0.5) is 5.69 Å². The number of aromatic nitrogens is 2. The number of nitro benzene ring substituents is 1. The number of nitro groups is 1. The van der Waals surface area contributed by atoms with Gasteiger partial charge in [0.25, 0.3) is 5.89 Å². The molecule has 0 spiro atoms. The second kappa shape index (κ2) is 7.59. The van der Waals surface area contributed by atoms with Crippen LogP contribution >= 0.6 is 0 Å². The summed E-state index contributed by atoms with van der Waals surface area (Å²) in [6, 6.07) is 11.9. The standard InChI is InChI=1S/C19H14N4O5/c1-11-3-5-13(6-4-11)18-21-19(28-22-18)14(10-20)7-12-8-15(23(25)26)17(24)16(9-12)27-2/h3-9,24H,1-2H3/b14-7+. The van der Waals surface area contributed by atoms with E-state index in [9.17, 15) is 20.5 Å². The number of hydrogen-bond donors (Lipinski definition) is 1. The van der Waals surface area contributed by atoms with Crippen LogP contribution < -0.4 is 4.74 Å². The summed E-state index contributed by atoms with van der Waals surface area (Å²) < 4.78 is 10.1. The fourth-order valence-electron chi connectivity index (χ4n) is 2.45. The van der Waals surface area contributed by atoms with E-state index in [2.05, 4.69) is 10.1 Å². The minimum absolute atomic E-state index is 0.00732. The molecule has 140 valence electrons. The molecule has 0 saturated carbocycles. The lowest BCUT2D eigenvalue weighted by Crippen LogP contribution is -1.93. The predicted molar refractivity (Wildman–Crippen MR) is 99.3 cm³/mol. The van der Waals surface area contributed by atoms with Crippen LogP contribution in [-0.2, 0) is 0 Å². The van der Waals surface area contributed by atoms with E-state index >= 15 is 0 Å². The van der Waals surface area contributed by atoms with Gasteiger partial charge < -0.3 is 14.4 Å². The first-order valence-corrected chi connectivity index (χ1v) is 8.01. The van der Waals surface area contributed by atoms with Crippen molar-refractivity contribution in [2.75, 3.05) is 7.11 Å². The molecular weight excluding hydrogens is 364 g/mol. The van der Waals surface area contributed by atoms with Crippen LogP contribution in [0.2, 0.25) is 0 Å². The van der Waals surface area contributed by atoms with Crippen molar-refractivity contribution in [2.45, 2.75) is 6.92 Å². The average molecular weight is 378 g/mol. The smallest absolute Gasteiger partial charge is 0.315 e. The van der Waals surface area contributed by atoms with Crippen LogP contribution in [-0.4, -0.2) is 27.3 Å². The molecule has 0 aliphatic heterocycles. The van der Waals surface area contributed by atoms with Crippen LogP contribution in [0.5, 0.6) is 11.5 Å². The number of phenolic OH excluding ortho intramolecular Hbond substituents is 1. The van der Waals surface area contributed by atoms with Gasteiger partial charge >= 0.3 is 5.69 Å². The van der Waals surface area contributed by atoms with Gasteiger partial charge in [-0.3, -0.25) is 10.1 Å². The summed E-state index contributed by atoms with van der Waals surface area (Å²) >= 11 is 0. The second-order valence-corrected chi connectivity index (χ2v) is 5.81. The van der Waals surface area contributed by atoms with Crippen LogP contribution in [0.25, 0.3) is 23.0 Å². The second-order valence-electron chi connectivity index (χ2n) is 5.81. The molecule has 9 heteroatoms. The number of aromatic hydroxyl groups is 1. The molecule has 0 fully saturated rings. The lowest BCUT2D eigenvalue weighted by molar-refractivity contribution is -0.386. The summed E-state index contributed by atoms with van der Waals surface area (Å²) in [5, 5.41) is 34.3.